The first-order valence-corrected chi connectivity index (χ1v) is 36.2. The average Bonchev–Trinajstić information content (AvgIpc) is 1.24. The van der Waals surface area contributed by atoms with Crippen molar-refractivity contribution in [3.8, 4) is 0 Å². The van der Waals surface area contributed by atoms with Crippen LogP contribution in [0.15, 0.2) is 54.6 Å². The van der Waals surface area contributed by atoms with Crippen molar-refractivity contribution < 1.29 is 173 Å². The Kier molecular flexibility index (Phi) is 30.1. The van der Waals surface area contributed by atoms with E-state index in [1.165, 1.54) is 0 Å². The lowest BCUT2D eigenvalue weighted by molar-refractivity contribution is -0.406. The summed E-state index contributed by atoms with van der Waals surface area (Å²) in [6, 6.07) is 11.4. The molecule has 42 heteroatoms. The molecule has 108 heavy (non-hydrogen) atoms. The second-order valence-electron chi connectivity index (χ2n) is 27.4. The van der Waals surface area contributed by atoms with Gasteiger partial charge in [0.2, 0.25) is 23.6 Å². The molecule has 10 rings (SSSR count). The lowest BCUT2D eigenvalue weighted by atomic mass is 9.94. The van der Waals surface area contributed by atoms with Gasteiger partial charge in [-0.2, -0.15) is 11.8 Å². The number of benzene rings is 2. The quantitative estimate of drug-likeness (QED) is 0.0189. The molecule has 0 saturated carbocycles. The summed E-state index contributed by atoms with van der Waals surface area (Å²) in [4.78, 5) is 79.9. The van der Waals surface area contributed by atoms with Crippen molar-refractivity contribution in [1.29, 1.82) is 0 Å². The van der Waals surface area contributed by atoms with Crippen LogP contribution in [0.3, 0.4) is 0 Å². The highest BCUT2D eigenvalue weighted by Gasteiger charge is 2.58. The normalized spacial score (nSPS) is 40.7. The minimum atomic E-state index is -2.44. The molecule has 1 unspecified atom stereocenters. The fourth-order valence-electron chi connectivity index (χ4n) is 14.0. The fraction of sp³-hybridized carbons (Fsp3) is 0.727. The minimum Gasteiger partial charge on any atom is -0.394 e. The van der Waals surface area contributed by atoms with Gasteiger partial charge >= 0.3 is 6.03 Å². The number of aliphatic hydroxyl groups excluding tert-OH is 18. The Labute approximate surface area is 619 Å². The average molecular weight is 1570 g/mol. The van der Waals surface area contributed by atoms with Crippen LogP contribution in [-0.4, -0.2) is 387 Å². The maximum Gasteiger partial charge on any atom is 0.315 e. The molecular formula is C66H96N6O35S. The summed E-state index contributed by atoms with van der Waals surface area (Å²) < 4.78 is 64.4. The minimum absolute atomic E-state index is 0.00184. The van der Waals surface area contributed by atoms with Gasteiger partial charge in [0.1, 0.15) is 152 Å². The van der Waals surface area contributed by atoms with Crippen molar-refractivity contribution in [2.45, 2.75) is 247 Å². The first-order valence-electron chi connectivity index (χ1n) is 35.1. The van der Waals surface area contributed by atoms with Crippen molar-refractivity contribution in [3.05, 3.63) is 71.3 Å². The molecule has 8 aliphatic rings. The Morgan fingerprint density at radius 3 is 1.60 bits per heavy atom. The topological polar surface area (TPSA) is 640 Å². The Bertz CT molecular complexity index is 3280. The highest BCUT2D eigenvalue weighted by Crippen LogP contribution is 2.38. The van der Waals surface area contributed by atoms with Gasteiger partial charge in [-0.3, -0.25) is 24.0 Å². The number of urea groups is 1. The zero-order valence-corrected chi connectivity index (χ0v) is 58.7. The number of amides is 6. The summed E-state index contributed by atoms with van der Waals surface area (Å²) in [5.41, 5.74) is 1.27. The molecule has 8 fully saturated rings. The van der Waals surface area contributed by atoms with Crippen LogP contribution in [0.4, 0.5) is 4.79 Å². The van der Waals surface area contributed by atoms with Crippen molar-refractivity contribution in [2.24, 2.45) is 0 Å². The second kappa shape index (κ2) is 38.3. The van der Waals surface area contributed by atoms with Crippen LogP contribution in [0.2, 0.25) is 0 Å². The number of ketones is 1. The van der Waals surface area contributed by atoms with Gasteiger partial charge in [-0.1, -0.05) is 61.0 Å². The number of carbonyl (C=O) groups excluding carboxylic acids is 6. The van der Waals surface area contributed by atoms with E-state index in [1.807, 2.05) is 0 Å². The standard InChI is InChI=1S/C66H96N6O35S/c1-24(78)68-40-47(87)55(34(21-77)98-60(40)71-38(80)16-67-59(95)28(15-25-11-13-27(14-12-25)41(81)26-7-3-2-4-8-26)69-37(79)10-6-5-9-36-39-29(23-108-36)70-66(96)72-39)104-63-54(94)56(46(86)35(103-63)22-97-61-52(92)48(88)42(82)30(17-73)99-61)105-64-58(51(91)45(85)32(19-75)101-64)107-65-57(50(90)44(84)33(20-76)102-65)106-62-53(93)49(89)43(83)31(18-74)100-62/h2-4,7-8,11-14,28-36,39-40,42-58,60-65,73-77,82-94H,5-6,9-10,15-23H2,1H3,(H,67,95)(H,68,78)(H,69,79)(H,71,80)(H2,70,72,96)/t28-,29-,30+,31+,32+,33+,34+,35+,36-,39-,40+,42+,43+,44+,45+,46+,47+,48-,49-,50-,51-,52-,53-,54-,55+,56-,57-,58-,60+,61?,62-,63-,64-,65-/m0/s1. The van der Waals surface area contributed by atoms with Gasteiger partial charge in [0, 0.05) is 41.9 Å². The molecule has 0 spiro atoms. The first-order chi connectivity index (χ1) is 51.6. The monoisotopic (exact) mass is 1560 g/mol. The zero-order chi connectivity index (χ0) is 78.1. The van der Waals surface area contributed by atoms with E-state index in [0.717, 1.165) is 12.7 Å². The number of ether oxygens (including phenoxy) is 11. The SMILES string of the molecule is CC(=O)N[C@@H]1[C@@H](O)[C@H](O[C@@H]2O[C@H](COC3O[C@H](CO)[C@@H](O)[C@H](O)[C@@H]3O)[C@@H](O)[C@H](O[C@@H]3O[C@H](CO)[C@@H](O)[C@H](O)[C@@H]3O[C@@H]3O[C@H](CO)[C@@H](O)[C@H](O)[C@@H]3O[C@@H]3O[C@H](CO)[C@@H](O)[C@H](O)[C@@H]3O)[C@@H]2O)[C@@H](CO)O[C@H]1NC(=O)CNC(=O)[C@H](Cc1ccc(C(=O)c2ccccc2)cc1)NC(=O)CCCC[C@@H]1SC[C@@H]2NC(=O)N[C@@H]21. The number of thioether (sulfide) groups is 1. The van der Waals surface area contributed by atoms with Crippen LogP contribution in [0.25, 0.3) is 0 Å². The number of fused-ring (bicyclic) bond motifs is 1. The van der Waals surface area contributed by atoms with Gasteiger partial charge in [-0.25, -0.2) is 4.79 Å². The molecule has 8 saturated heterocycles. The maximum absolute atomic E-state index is 14.2. The molecule has 24 N–H and O–H groups in total. The van der Waals surface area contributed by atoms with Crippen molar-refractivity contribution >= 4 is 47.2 Å². The number of carbonyl (C=O) groups is 6. The first kappa shape index (κ1) is 84.9. The summed E-state index contributed by atoms with van der Waals surface area (Å²) in [5.74, 6) is -2.80. The molecule has 2 aromatic carbocycles. The molecule has 606 valence electrons. The summed E-state index contributed by atoms with van der Waals surface area (Å²) >= 11 is 1.71. The van der Waals surface area contributed by atoms with Gasteiger partial charge < -0.3 is 176 Å². The van der Waals surface area contributed by atoms with E-state index in [9.17, 15) is 121 Å². The molecule has 8 heterocycles. The van der Waals surface area contributed by atoms with Gasteiger partial charge in [0.15, 0.2) is 43.5 Å². The van der Waals surface area contributed by atoms with Gasteiger partial charge in [0.05, 0.1) is 58.3 Å². The maximum atomic E-state index is 14.2. The smallest absolute Gasteiger partial charge is 0.315 e. The van der Waals surface area contributed by atoms with Crippen LogP contribution in [0.1, 0.15) is 54.1 Å². The number of hydrogen-bond donors (Lipinski definition) is 24. The number of hydrogen-bond acceptors (Lipinski definition) is 36. The number of nitrogens with one attached hydrogen (secondary N) is 6. The molecule has 41 nitrogen and oxygen atoms in total. The molecule has 34 atom stereocenters. The lowest BCUT2D eigenvalue weighted by Gasteiger charge is -2.50. The molecule has 0 aromatic heterocycles. The third kappa shape index (κ3) is 19.7. The molecule has 8 aliphatic heterocycles. The summed E-state index contributed by atoms with van der Waals surface area (Å²) in [5, 5.41) is 213. The molecule has 0 aliphatic carbocycles. The van der Waals surface area contributed by atoms with E-state index < -0.39 is 260 Å². The molecule has 2 aromatic rings. The van der Waals surface area contributed by atoms with Crippen LogP contribution in [-0.2, 0) is 77.7 Å². The number of aliphatic hydroxyl groups is 18. The van der Waals surface area contributed by atoms with E-state index in [4.69, 9.17) is 52.1 Å². The van der Waals surface area contributed by atoms with E-state index in [0.29, 0.717) is 36.0 Å². The fourth-order valence-corrected chi connectivity index (χ4v) is 15.5. The van der Waals surface area contributed by atoms with Crippen LogP contribution in [0, 0.1) is 0 Å². The van der Waals surface area contributed by atoms with E-state index in [1.54, 1.807) is 66.4 Å². The highest BCUT2D eigenvalue weighted by molar-refractivity contribution is 8.00. The summed E-state index contributed by atoms with van der Waals surface area (Å²) in [7, 11) is 0. The second-order valence-corrected chi connectivity index (χ2v) is 28.7. The van der Waals surface area contributed by atoms with Crippen LogP contribution >= 0.6 is 11.8 Å². The highest BCUT2D eigenvalue weighted by atomic mass is 32.2. The van der Waals surface area contributed by atoms with Gasteiger partial charge in [-0.05, 0) is 18.4 Å². The largest absolute Gasteiger partial charge is 0.394 e. The Morgan fingerprint density at radius 2 is 1.02 bits per heavy atom. The predicted octanol–water partition coefficient (Wildman–Crippen LogP) is -12.0. The lowest BCUT2D eigenvalue weighted by Crippen LogP contribution is -2.71. The van der Waals surface area contributed by atoms with Crippen molar-refractivity contribution in [1.82, 2.24) is 31.9 Å². The Hall–Kier alpha value is -5.55. The number of rotatable bonds is 31. The van der Waals surface area contributed by atoms with Crippen LogP contribution in [0.5, 0.6) is 0 Å². The van der Waals surface area contributed by atoms with Crippen LogP contribution < -0.4 is 31.9 Å². The molecule has 0 radical (unpaired) electrons. The Balaban J connectivity index is 0.859. The number of unbranched alkanes of at least 4 members (excludes halogenated alkanes) is 1. The summed E-state index contributed by atoms with van der Waals surface area (Å²) in [6.45, 7) is -6.03. The third-order valence-corrected chi connectivity index (χ3v) is 21.5. The van der Waals surface area contributed by atoms with Gasteiger partial charge in [0.25, 0.3) is 0 Å². The molecular weight excluding hydrogens is 1470 g/mol. The predicted molar refractivity (Wildman–Crippen MR) is 356 cm³/mol. The van der Waals surface area contributed by atoms with E-state index in [2.05, 4.69) is 31.9 Å². The zero-order valence-electron chi connectivity index (χ0n) is 57.9. The molecule has 0 bridgehead atoms. The van der Waals surface area contributed by atoms with Crippen molar-refractivity contribution in [2.75, 3.05) is 51.9 Å². The molecule has 6 amide bonds. The summed E-state index contributed by atoms with van der Waals surface area (Å²) in [6.07, 6.45) is -58.1. The third-order valence-electron chi connectivity index (χ3n) is 20.0. The Morgan fingerprint density at radius 1 is 0.509 bits per heavy atom. The van der Waals surface area contributed by atoms with Crippen molar-refractivity contribution in [3.63, 3.8) is 0 Å². The van der Waals surface area contributed by atoms with Gasteiger partial charge in [-0.15, -0.1) is 0 Å². The van der Waals surface area contributed by atoms with E-state index >= 15 is 0 Å². The van der Waals surface area contributed by atoms with E-state index in [-0.39, 0.29) is 42.0 Å².